The molecule has 3 unspecified atom stereocenters. The molecular formula is C17H24ClN3O3. The van der Waals surface area contributed by atoms with Crippen molar-refractivity contribution < 1.29 is 14.3 Å². The number of primary amides is 1. The minimum absolute atomic E-state index is 0. The Morgan fingerprint density at radius 1 is 1.29 bits per heavy atom. The van der Waals surface area contributed by atoms with Gasteiger partial charge < -0.3 is 21.1 Å². The maximum atomic E-state index is 12.4. The van der Waals surface area contributed by atoms with Crippen LogP contribution in [0.2, 0.25) is 0 Å². The normalized spacial score (nSPS) is 25.2. The maximum absolute atomic E-state index is 12.4. The van der Waals surface area contributed by atoms with E-state index in [2.05, 4.69) is 10.6 Å². The Kier molecular flexibility index (Phi) is 6.45. The Labute approximate surface area is 147 Å². The molecule has 1 saturated carbocycles. The van der Waals surface area contributed by atoms with E-state index in [4.69, 9.17) is 10.5 Å². The number of carbonyl (C=O) groups is 2. The molecule has 6 nitrogen and oxygen atoms in total. The molecule has 2 amide bonds. The highest BCUT2D eigenvalue weighted by Crippen LogP contribution is 2.33. The molecule has 1 aliphatic heterocycles. The lowest BCUT2D eigenvalue weighted by atomic mass is 9.85. The third kappa shape index (κ3) is 4.61. The van der Waals surface area contributed by atoms with E-state index < -0.39 is 5.91 Å². The van der Waals surface area contributed by atoms with Crippen LogP contribution < -0.4 is 21.1 Å². The van der Waals surface area contributed by atoms with E-state index in [1.807, 2.05) is 0 Å². The van der Waals surface area contributed by atoms with Crippen LogP contribution in [0.5, 0.6) is 5.75 Å². The first-order chi connectivity index (χ1) is 11.1. The molecular weight excluding hydrogens is 330 g/mol. The van der Waals surface area contributed by atoms with Crippen LogP contribution in [0.3, 0.4) is 0 Å². The highest BCUT2D eigenvalue weighted by atomic mass is 35.5. The molecule has 0 bridgehead atoms. The van der Waals surface area contributed by atoms with Crippen molar-refractivity contribution >= 4 is 29.9 Å². The summed E-state index contributed by atoms with van der Waals surface area (Å²) in [4.78, 5) is 23.2. The molecule has 2 aliphatic rings. The number of rotatable bonds is 5. The van der Waals surface area contributed by atoms with Crippen molar-refractivity contribution in [1.29, 1.82) is 0 Å². The van der Waals surface area contributed by atoms with Gasteiger partial charge in [0.15, 0.2) is 6.61 Å². The Balaban J connectivity index is 0.00000208. The highest BCUT2D eigenvalue weighted by Gasteiger charge is 2.38. The molecule has 1 saturated heterocycles. The summed E-state index contributed by atoms with van der Waals surface area (Å²) in [5.74, 6) is 0.600. The summed E-state index contributed by atoms with van der Waals surface area (Å²) >= 11 is 0. The van der Waals surface area contributed by atoms with Crippen LogP contribution in [0, 0.1) is 5.92 Å². The van der Waals surface area contributed by atoms with Crippen molar-refractivity contribution in [2.24, 2.45) is 11.7 Å². The summed E-state index contributed by atoms with van der Waals surface area (Å²) in [7, 11) is 0. The number of carbonyl (C=O) groups excluding carboxylic acids is 2. The van der Waals surface area contributed by atoms with Gasteiger partial charge in [0.1, 0.15) is 5.75 Å². The molecule has 0 aromatic heterocycles. The first-order valence-corrected chi connectivity index (χ1v) is 8.20. The van der Waals surface area contributed by atoms with Gasteiger partial charge in [-0.15, -0.1) is 12.4 Å². The number of amides is 2. The number of halogens is 1. The predicted molar refractivity (Wildman–Crippen MR) is 94.3 cm³/mol. The van der Waals surface area contributed by atoms with Crippen molar-refractivity contribution in [3.63, 3.8) is 0 Å². The fourth-order valence-corrected chi connectivity index (χ4v) is 3.57. The fraction of sp³-hybridized carbons (Fsp3) is 0.529. The number of ether oxygens (including phenoxy) is 1. The topological polar surface area (TPSA) is 93.5 Å². The molecule has 3 rings (SSSR count). The van der Waals surface area contributed by atoms with Gasteiger partial charge in [-0.25, -0.2) is 0 Å². The van der Waals surface area contributed by atoms with Crippen LogP contribution in [-0.4, -0.2) is 30.5 Å². The Morgan fingerprint density at radius 2 is 2.08 bits per heavy atom. The molecule has 3 atom stereocenters. The smallest absolute Gasteiger partial charge is 0.255 e. The summed E-state index contributed by atoms with van der Waals surface area (Å²) < 4.78 is 5.25. The fourth-order valence-electron chi connectivity index (χ4n) is 3.57. The van der Waals surface area contributed by atoms with E-state index >= 15 is 0 Å². The van der Waals surface area contributed by atoms with E-state index in [-0.39, 0.29) is 31.0 Å². The third-order valence-corrected chi connectivity index (χ3v) is 4.66. The van der Waals surface area contributed by atoms with Crippen LogP contribution in [0.1, 0.15) is 32.1 Å². The average Bonchev–Trinajstić information content (AvgIpc) is 2.97. The quantitative estimate of drug-likeness (QED) is 0.752. The van der Waals surface area contributed by atoms with Gasteiger partial charge in [0.25, 0.3) is 5.91 Å². The van der Waals surface area contributed by atoms with Gasteiger partial charge in [-0.1, -0.05) is 18.9 Å². The second kappa shape index (κ2) is 8.35. The summed E-state index contributed by atoms with van der Waals surface area (Å²) in [5.41, 5.74) is 5.72. The molecule has 24 heavy (non-hydrogen) atoms. The van der Waals surface area contributed by atoms with Crippen molar-refractivity contribution in [2.75, 3.05) is 11.9 Å². The lowest BCUT2D eigenvalue weighted by Gasteiger charge is -2.24. The van der Waals surface area contributed by atoms with Crippen LogP contribution in [-0.2, 0) is 9.59 Å². The lowest BCUT2D eigenvalue weighted by molar-refractivity contribution is -0.120. The molecule has 4 N–H and O–H groups in total. The molecule has 2 fully saturated rings. The van der Waals surface area contributed by atoms with E-state index in [1.165, 1.54) is 25.7 Å². The maximum Gasteiger partial charge on any atom is 0.255 e. The second-order valence-electron chi connectivity index (χ2n) is 6.38. The van der Waals surface area contributed by atoms with Gasteiger partial charge in [-0.3, -0.25) is 9.59 Å². The van der Waals surface area contributed by atoms with Crippen LogP contribution >= 0.6 is 12.4 Å². The molecule has 0 radical (unpaired) electrons. The summed E-state index contributed by atoms with van der Waals surface area (Å²) in [6.45, 7) is -0.176. The van der Waals surface area contributed by atoms with Gasteiger partial charge >= 0.3 is 0 Å². The van der Waals surface area contributed by atoms with Crippen molar-refractivity contribution in [3.8, 4) is 5.75 Å². The number of hydrogen-bond acceptors (Lipinski definition) is 4. The molecule has 1 heterocycles. The third-order valence-electron chi connectivity index (χ3n) is 4.66. The first kappa shape index (κ1) is 18.5. The van der Waals surface area contributed by atoms with E-state index in [0.717, 1.165) is 6.42 Å². The summed E-state index contributed by atoms with van der Waals surface area (Å²) in [6.07, 6.45) is 5.83. The second-order valence-corrected chi connectivity index (χ2v) is 6.38. The minimum Gasteiger partial charge on any atom is -0.484 e. The van der Waals surface area contributed by atoms with Gasteiger partial charge in [0, 0.05) is 17.8 Å². The number of nitrogens with one attached hydrogen (secondary N) is 2. The number of benzene rings is 1. The molecule has 1 aromatic carbocycles. The summed E-state index contributed by atoms with van der Waals surface area (Å²) in [6, 6.07) is 7.36. The van der Waals surface area contributed by atoms with Crippen molar-refractivity contribution in [2.45, 2.75) is 44.2 Å². The van der Waals surface area contributed by atoms with Crippen molar-refractivity contribution in [1.82, 2.24) is 5.32 Å². The first-order valence-electron chi connectivity index (χ1n) is 8.20. The zero-order valence-electron chi connectivity index (χ0n) is 13.5. The predicted octanol–water partition coefficient (Wildman–Crippen LogP) is 1.83. The Bertz CT molecular complexity index is 582. The van der Waals surface area contributed by atoms with Crippen LogP contribution in [0.15, 0.2) is 24.3 Å². The number of hydrogen-bond donors (Lipinski definition) is 3. The van der Waals surface area contributed by atoms with Gasteiger partial charge in [0.05, 0.1) is 6.04 Å². The number of fused-ring (bicyclic) bond motifs is 1. The van der Waals surface area contributed by atoms with Gasteiger partial charge in [0.2, 0.25) is 5.91 Å². The number of nitrogens with two attached hydrogens (primary N) is 1. The Hall–Kier alpha value is -1.79. The average molecular weight is 354 g/mol. The summed E-state index contributed by atoms with van der Waals surface area (Å²) in [5, 5.41) is 6.39. The molecule has 1 aliphatic carbocycles. The SMILES string of the molecule is Cl.NC(=O)COc1cccc(NC(=O)C2CC3CCCCC3N2)c1. The number of anilines is 1. The molecule has 7 heteroatoms. The van der Waals surface area contributed by atoms with Crippen LogP contribution in [0.4, 0.5) is 5.69 Å². The van der Waals surface area contributed by atoms with E-state index in [9.17, 15) is 9.59 Å². The van der Waals surface area contributed by atoms with Crippen LogP contribution in [0.25, 0.3) is 0 Å². The molecule has 1 aromatic rings. The van der Waals surface area contributed by atoms with E-state index in [1.54, 1.807) is 24.3 Å². The molecule has 0 spiro atoms. The van der Waals surface area contributed by atoms with Gasteiger partial charge in [-0.2, -0.15) is 0 Å². The van der Waals surface area contributed by atoms with Crippen molar-refractivity contribution in [3.05, 3.63) is 24.3 Å². The van der Waals surface area contributed by atoms with E-state index in [0.29, 0.717) is 23.4 Å². The highest BCUT2D eigenvalue weighted by molar-refractivity contribution is 5.95. The zero-order valence-corrected chi connectivity index (χ0v) is 14.3. The largest absolute Gasteiger partial charge is 0.484 e. The molecule has 132 valence electrons. The Morgan fingerprint density at radius 3 is 2.83 bits per heavy atom. The van der Waals surface area contributed by atoms with Gasteiger partial charge in [-0.05, 0) is 37.3 Å². The monoisotopic (exact) mass is 353 g/mol. The lowest BCUT2D eigenvalue weighted by Crippen LogP contribution is -2.39. The minimum atomic E-state index is -0.530. The standard InChI is InChI=1S/C17H23N3O3.ClH/c18-16(21)10-23-13-6-3-5-12(9-13)19-17(22)15-8-11-4-1-2-7-14(11)20-15;/h3,5-6,9,11,14-15,20H,1-2,4,7-8,10H2,(H2,18,21)(H,19,22);1H. The zero-order chi connectivity index (χ0) is 16.2.